The van der Waals surface area contributed by atoms with Gasteiger partial charge in [0.25, 0.3) is 5.91 Å². The highest BCUT2D eigenvalue weighted by Crippen LogP contribution is 2.36. The van der Waals surface area contributed by atoms with Gasteiger partial charge in [0.2, 0.25) is 0 Å². The summed E-state index contributed by atoms with van der Waals surface area (Å²) in [4.78, 5) is 45.0. The maximum atomic E-state index is 15.1. The SMILES string of the molecule is Cc1ccnc(C(C)C)c1-n1c(=O)nc(N2CCN(C(=O)COc3c(Cl)cccc3Cl)C[C@@H]2C)c2cc(Cl)c(-c3ccccc3F)nc21. The Balaban J connectivity index is 1.42. The van der Waals surface area contributed by atoms with E-state index in [1.54, 1.807) is 53.6 Å². The molecule has 248 valence electrons. The zero-order chi connectivity index (χ0) is 34.3. The van der Waals surface area contributed by atoms with Crippen LogP contribution in [0.15, 0.2) is 65.6 Å². The van der Waals surface area contributed by atoms with Gasteiger partial charge in [0.05, 0.1) is 37.5 Å². The standard InChI is InChI=1S/C35H32Cl3FN6O3/c1-19(2)29-31(20(3)12-13-40-29)45-34-23(16-26(38)30(41-34)22-8-5-6-11-27(22)39)33(42-35(45)47)44-15-14-43(17-21(44)4)28(46)18-48-32-24(36)9-7-10-25(32)37/h5-13,16,19,21H,14-15,17-18H2,1-4H3/t21-/m0/s1. The van der Waals surface area contributed by atoms with Crippen LogP contribution in [0.1, 0.15) is 37.9 Å². The molecule has 1 amide bonds. The maximum Gasteiger partial charge on any atom is 0.355 e. The highest BCUT2D eigenvalue weighted by atomic mass is 35.5. The summed E-state index contributed by atoms with van der Waals surface area (Å²) in [5.74, 6) is -0.139. The summed E-state index contributed by atoms with van der Waals surface area (Å²) in [6, 6.07) is 14.4. The molecule has 1 aliphatic rings. The van der Waals surface area contributed by atoms with Crippen molar-refractivity contribution in [3.8, 4) is 22.7 Å². The number of piperazine rings is 1. The molecule has 0 aliphatic carbocycles. The molecule has 0 bridgehead atoms. The molecule has 5 aromatic rings. The molecule has 0 saturated carbocycles. The van der Waals surface area contributed by atoms with Gasteiger partial charge in [-0.05, 0) is 61.7 Å². The summed E-state index contributed by atoms with van der Waals surface area (Å²) in [5, 5.41) is 1.33. The number of aryl methyl sites for hydroxylation is 1. The number of anilines is 1. The van der Waals surface area contributed by atoms with Crippen LogP contribution in [0.25, 0.3) is 28.0 Å². The molecule has 9 nitrogen and oxygen atoms in total. The zero-order valence-electron chi connectivity index (χ0n) is 26.7. The van der Waals surface area contributed by atoms with Crippen molar-refractivity contribution in [2.45, 2.75) is 39.7 Å². The quantitative estimate of drug-likeness (QED) is 0.173. The number of amides is 1. The number of halogens is 4. The van der Waals surface area contributed by atoms with E-state index in [1.165, 1.54) is 10.6 Å². The van der Waals surface area contributed by atoms with Crippen LogP contribution >= 0.6 is 34.8 Å². The molecule has 3 aromatic heterocycles. The van der Waals surface area contributed by atoms with Gasteiger partial charge in [0, 0.05) is 37.4 Å². The molecule has 1 atom stereocenters. The molecule has 0 radical (unpaired) electrons. The third-order valence-corrected chi connectivity index (χ3v) is 9.25. The van der Waals surface area contributed by atoms with Crippen molar-refractivity contribution in [3.05, 3.63) is 103 Å². The second kappa shape index (κ2) is 13.7. The van der Waals surface area contributed by atoms with Crippen LogP contribution in [-0.4, -0.2) is 62.6 Å². The number of hydrogen-bond acceptors (Lipinski definition) is 7. The Hall–Kier alpha value is -4.25. The lowest BCUT2D eigenvalue weighted by Crippen LogP contribution is -2.55. The highest BCUT2D eigenvalue weighted by Gasteiger charge is 2.31. The summed E-state index contributed by atoms with van der Waals surface area (Å²) >= 11 is 19.2. The van der Waals surface area contributed by atoms with Crippen molar-refractivity contribution < 1.29 is 13.9 Å². The van der Waals surface area contributed by atoms with Crippen LogP contribution in [0.2, 0.25) is 15.1 Å². The number of para-hydroxylation sites is 1. The van der Waals surface area contributed by atoms with Crippen LogP contribution in [0, 0.1) is 12.7 Å². The maximum absolute atomic E-state index is 15.1. The Morgan fingerprint density at radius 2 is 1.75 bits per heavy atom. The molecule has 0 spiro atoms. The van der Waals surface area contributed by atoms with Crippen LogP contribution in [-0.2, 0) is 4.79 Å². The fraction of sp³-hybridized carbons (Fsp3) is 0.286. The molecule has 4 heterocycles. The number of pyridine rings is 2. The summed E-state index contributed by atoms with van der Waals surface area (Å²) in [5.41, 5.74) is 2.16. The first-order valence-corrected chi connectivity index (χ1v) is 16.5. The lowest BCUT2D eigenvalue weighted by atomic mass is 10.0. The minimum atomic E-state index is -0.569. The van der Waals surface area contributed by atoms with E-state index in [9.17, 15) is 9.59 Å². The number of rotatable bonds is 7. The number of carbonyl (C=O) groups is 1. The van der Waals surface area contributed by atoms with Crippen LogP contribution in [0.4, 0.5) is 10.2 Å². The Labute approximate surface area is 291 Å². The van der Waals surface area contributed by atoms with Gasteiger partial charge in [-0.15, -0.1) is 0 Å². The number of ether oxygens (including phenoxy) is 1. The molecule has 2 aromatic carbocycles. The van der Waals surface area contributed by atoms with Crippen LogP contribution in [0.5, 0.6) is 5.75 Å². The predicted molar refractivity (Wildman–Crippen MR) is 188 cm³/mol. The van der Waals surface area contributed by atoms with E-state index in [1.807, 2.05) is 38.7 Å². The third kappa shape index (κ3) is 6.32. The number of benzene rings is 2. The van der Waals surface area contributed by atoms with Crippen molar-refractivity contribution in [3.63, 3.8) is 0 Å². The summed E-state index contributed by atoms with van der Waals surface area (Å²) < 4.78 is 22.2. The highest BCUT2D eigenvalue weighted by molar-refractivity contribution is 6.37. The first-order valence-electron chi connectivity index (χ1n) is 15.4. The number of hydrogen-bond donors (Lipinski definition) is 0. The van der Waals surface area contributed by atoms with Gasteiger partial charge in [-0.25, -0.2) is 18.7 Å². The molecule has 0 unspecified atom stereocenters. The molecule has 1 saturated heterocycles. The molecule has 13 heteroatoms. The van der Waals surface area contributed by atoms with Gasteiger partial charge in [-0.1, -0.05) is 66.8 Å². The smallest absolute Gasteiger partial charge is 0.355 e. The second-order valence-corrected chi connectivity index (χ2v) is 13.2. The molecular weight excluding hydrogens is 678 g/mol. The Morgan fingerprint density at radius 3 is 2.44 bits per heavy atom. The summed E-state index contributed by atoms with van der Waals surface area (Å²) in [6.07, 6.45) is 1.70. The van der Waals surface area contributed by atoms with E-state index < -0.39 is 11.5 Å². The topological polar surface area (TPSA) is 93.5 Å². The van der Waals surface area contributed by atoms with E-state index in [-0.39, 0.29) is 52.2 Å². The number of aromatic nitrogens is 4. The first kappa shape index (κ1) is 33.6. The molecule has 48 heavy (non-hydrogen) atoms. The fourth-order valence-corrected chi connectivity index (χ4v) is 6.76. The van der Waals surface area contributed by atoms with E-state index in [0.29, 0.717) is 52.3 Å². The zero-order valence-corrected chi connectivity index (χ0v) is 28.9. The number of fused-ring (bicyclic) bond motifs is 1. The molecule has 6 rings (SSSR count). The lowest BCUT2D eigenvalue weighted by molar-refractivity contribution is -0.134. The van der Waals surface area contributed by atoms with E-state index in [0.717, 1.165) is 5.56 Å². The molecule has 0 N–H and O–H groups in total. The Morgan fingerprint density at radius 1 is 1.02 bits per heavy atom. The molecular formula is C35H32Cl3FN6O3. The van der Waals surface area contributed by atoms with Crippen LogP contribution in [0.3, 0.4) is 0 Å². The van der Waals surface area contributed by atoms with Crippen molar-refractivity contribution in [2.75, 3.05) is 31.1 Å². The van der Waals surface area contributed by atoms with Gasteiger partial charge in [-0.3, -0.25) is 9.78 Å². The third-order valence-electron chi connectivity index (χ3n) is 8.37. The van der Waals surface area contributed by atoms with Gasteiger partial charge >= 0.3 is 5.69 Å². The molecule has 1 aliphatic heterocycles. The van der Waals surface area contributed by atoms with Crippen LogP contribution < -0.4 is 15.3 Å². The average molecular weight is 710 g/mol. The summed E-state index contributed by atoms with van der Waals surface area (Å²) in [7, 11) is 0. The predicted octanol–water partition coefficient (Wildman–Crippen LogP) is 7.49. The van der Waals surface area contributed by atoms with Gasteiger partial charge in [-0.2, -0.15) is 4.98 Å². The summed E-state index contributed by atoms with van der Waals surface area (Å²) in [6.45, 7) is 8.61. The van der Waals surface area contributed by atoms with E-state index in [2.05, 4.69) is 9.97 Å². The second-order valence-electron chi connectivity index (χ2n) is 12.0. The van der Waals surface area contributed by atoms with Crippen molar-refractivity contribution in [1.29, 1.82) is 0 Å². The van der Waals surface area contributed by atoms with Crippen molar-refractivity contribution in [2.24, 2.45) is 0 Å². The lowest BCUT2D eigenvalue weighted by Gasteiger charge is -2.40. The Kier molecular flexibility index (Phi) is 9.60. The van der Waals surface area contributed by atoms with Gasteiger partial charge < -0.3 is 14.5 Å². The first-order chi connectivity index (χ1) is 23.0. The molecule has 1 fully saturated rings. The van der Waals surface area contributed by atoms with E-state index >= 15 is 4.39 Å². The minimum absolute atomic E-state index is 0.0246. The monoisotopic (exact) mass is 708 g/mol. The van der Waals surface area contributed by atoms with Gasteiger partial charge in [0.1, 0.15) is 11.6 Å². The minimum Gasteiger partial charge on any atom is -0.481 e. The van der Waals surface area contributed by atoms with Gasteiger partial charge in [0.15, 0.2) is 18.0 Å². The van der Waals surface area contributed by atoms with E-state index in [4.69, 9.17) is 44.5 Å². The Bertz CT molecular complexity index is 2090. The average Bonchev–Trinajstić information content (AvgIpc) is 3.04. The normalized spacial score (nSPS) is 15.0. The van der Waals surface area contributed by atoms with Crippen molar-refractivity contribution >= 4 is 57.6 Å². The van der Waals surface area contributed by atoms with Crippen molar-refractivity contribution in [1.82, 2.24) is 24.4 Å². The largest absolute Gasteiger partial charge is 0.481 e. The fourth-order valence-electron chi connectivity index (χ4n) is 6.00. The number of carbonyl (C=O) groups excluding carboxylic acids is 1. The number of nitrogens with zero attached hydrogens (tertiary/aromatic N) is 6.